The third kappa shape index (κ3) is 5.46. The number of unbranched alkanes of at least 4 members (excludes halogenated alkanes) is 1. The lowest BCUT2D eigenvalue weighted by Gasteiger charge is -2.31. The maximum Gasteiger partial charge on any atom is 0.312 e. The highest BCUT2D eigenvalue weighted by Crippen LogP contribution is 2.12. The molecule has 1 aliphatic rings. The molecule has 0 saturated carbocycles. The quantitative estimate of drug-likeness (QED) is 0.560. The van der Waals surface area contributed by atoms with Crippen molar-refractivity contribution in [1.82, 2.24) is 16.0 Å². The Kier molecular flexibility index (Phi) is 6.62. The van der Waals surface area contributed by atoms with E-state index in [1.54, 1.807) is 0 Å². The van der Waals surface area contributed by atoms with Gasteiger partial charge < -0.3 is 21.7 Å². The molecular weight excluding hydrogens is 244 g/mol. The number of nitrogens with one attached hydrogen (secondary N) is 3. The van der Waals surface area contributed by atoms with Crippen LogP contribution in [-0.4, -0.2) is 37.1 Å². The van der Waals surface area contributed by atoms with Crippen LogP contribution in [0.5, 0.6) is 0 Å². The van der Waals surface area contributed by atoms with Crippen LogP contribution in [0.2, 0.25) is 0 Å². The topological polar surface area (TPSA) is 96.2 Å². The monoisotopic (exact) mass is 270 g/mol. The molecule has 110 valence electrons. The molecule has 0 aromatic rings. The molecule has 3 amide bonds. The zero-order chi connectivity index (χ0) is 14.3. The van der Waals surface area contributed by atoms with Gasteiger partial charge in [-0.2, -0.15) is 0 Å². The summed E-state index contributed by atoms with van der Waals surface area (Å²) < 4.78 is 0. The number of rotatable bonds is 6. The molecule has 0 aromatic heterocycles. The van der Waals surface area contributed by atoms with Gasteiger partial charge in [-0.1, -0.05) is 26.7 Å². The second-order valence-electron chi connectivity index (χ2n) is 5.29. The van der Waals surface area contributed by atoms with Crippen molar-refractivity contribution in [3.05, 3.63) is 0 Å². The Hall–Kier alpha value is -1.30. The first-order chi connectivity index (χ1) is 9.04. The van der Waals surface area contributed by atoms with Gasteiger partial charge in [-0.3, -0.25) is 4.79 Å². The van der Waals surface area contributed by atoms with E-state index in [1.807, 2.05) is 6.92 Å². The van der Waals surface area contributed by atoms with Crippen molar-refractivity contribution in [3.8, 4) is 0 Å². The van der Waals surface area contributed by atoms with Gasteiger partial charge in [-0.05, 0) is 25.3 Å². The third-order valence-electron chi connectivity index (χ3n) is 3.63. The van der Waals surface area contributed by atoms with Gasteiger partial charge in [0.2, 0.25) is 5.91 Å². The number of primary amides is 1. The molecule has 1 fully saturated rings. The van der Waals surface area contributed by atoms with Gasteiger partial charge in [-0.15, -0.1) is 0 Å². The second-order valence-corrected chi connectivity index (χ2v) is 5.29. The fourth-order valence-corrected chi connectivity index (χ4v) is 2.32. The Morgan fingerprint density at radius 3 is 2.79 bits per heavy atom. The zero-order valence-corrected chi connectivity index (χ0v) is 11.9. The molecule has 0 radical (unpaired) electrons. The Labute approximate surface area is 114 Å². The molecule has 1 aliphatic heterocycles. The highest BCUT2D eigenvalue weighted by Gasteiger charge is 2.26. The Morgan fingerprint density at radius 2 is 2.21 bits per heavy atom. The normalized spacial score (nSPS) is 24.5. The number of hydrogen-bond donors (Lipinski definition) is 4. The molecule has 0 bridgehead atoms. The van der Waals surface area contributed by atoms with Crippen molar-refractivity contribution in [2.75, 3.05) is 13.1 Å². The van der Waals surface area contributed by atoms with Crippen LogP contribution in [0.15, 0.2) is 0 Å². The Morgan fingerprint density at radius 1 is 1.47 bits per heavy atom. The van der Waals surface area contributed by atoms with Crippen LogP contribution in [0, 0.1) is 5.92 Å². The number of carbonyl (C=O) groups excluding carboxylic acids is 2. The molecule has 6 heteroatoms. The largest absolute Gasteiger partial charge is 0.352 e. The average molecular weight is 270 g/mol. The molecule has 6 nitrogen and oxygen atoms in total. The molecule has 1 saturated heterocycles. The summed E-state index contributed by atoms with van der Waals surface area (Å²) in [7, 11) is 0. The summed E-state index contributed by atoms with van der Waals surface area (Å²) in [5, 5.41) is 8.80. The lowest BCUT2D eigenvalue weighted by molar-refractivity contribution is -0.124. The summed E-state index contributed by atoms with van der Waals surface area (Å²) in [6.45, 7) is 5.96. The van der Waals surface area contributed by atoms with Crippen molar-refractivity contribution in [3.63, 3.8) is 0 Å². The standard InChI is InChI=1S/C13H26N4O2/c1-3-4-5-10(17-13(14)19)12(18)16-11-8-15-7-6-9(11)2/h9-11,15H,3-8H2,1-2H3,(H,16,18)(H3,14,17,19). The van der Waals surface area contributed by atoms with Crippen LogP contribution >= 0.6 is 0 Å². The van der Waals surface area contributed by atoms with Gasteiger partial charge in [0.25, 0.3) is 0 Å². The van der Waals surface area contributed by atoms with E-state index in [2.05, 4.69) is 22.9 Å². The van der Waals surface area contributed by atoms with Gasteiger partial charge >= 0.3 is 6.03 Å². The summed E-state index contributed by atoms with van der Waals surface area (Å²) in [6.07, 6.45) is 3.54. The summed E-state index contributed by atoms with van der Waals surface area (Å²) >= 11 is 0. The molecule has 0 aliphatic carbocycles. The van der Waals surface area contributed by atoms with E-state index in [0.29, 0.717) is 12.3 Å². The van der Waals surface area contributed by atoms with Crippen LogP contribution in [0.4, 0.5) is 4.79 Å². The number of amides is 3. The molecule has 5 N–H and O–H groups in total. The van der Waals surface area contributed by atoms with Gasteiger partial charge in [0.15, 0.2) is 0 Å². The minimum absolute atomic E-state index is 0.125. The predicted octanol–water partition coefficient (Wildman–Crippen LogP) is 0.328. The number of urea groups is 1. The minimum Gasteiger partial charge on any atom is -0.352 e. The van der Waals surface area contributed by atoms with E-state index >= 15 is 0 Å². The highest BCUT2D eigenvalue weighted by molar-refractivity contribution is 5.86. The SMILES string of the molecule is CCCCC(NC(N)=O)C(=O)NC1CNCCC1C. The molecule has 0 spiro atoms. The maximum absolute atomic E-state index is 12.2. The average Bonchev–Trinajstić information content (AvgIpc) is 2.36. The molecule has 3 unspecified atom stereocenters. The summed E-state index contributed by atoms with van der Waals surface area (Å²) in [5.74, 6) is 0.318. The minimum atomic E-state index is -0.647. The van der Waals surface area contributed by atoms with E-state index in [4.69, 9.17) is 5.73 Å². The summed E-state index contributed by atoms with van der Waals surface area (Å²) in [5.41, 5.74) is 5.12. The number of piperidine rings is 1. The predicted molar refractivity (Wildman–Crippen MR) is 74.6 cm³/mol. The van der Waals surface area contributed by atoms with Crippen LogP contribution in [0.1, 0.15) is 39.5 Å². The zero-order valence-electron chi connectivity index (χ0n) is 11.9. The number of hydrogen-bond acceptors (Lipinski definition) is 3. The van der Waals surface area contributed by atoms with Gasteiger partial charge in [0, 0.05) is 12.6 Å². The summed E-state index contributed by atoms with van der Waals surface area (Å²) in [6, 6.07) is -1.04. The van der Waals surface area contributed by atoms with E-state index < -0.39 is 12.1 Å². The lowest BCUT2D eigenvalue weighted by Crippen LogP contribution is -2.56. The molecule has 1 heterocycles. The second kappa shape index (κ2) is 7.99. The molecular formula is C13H26N4O2. The lowest BCUT2D eigenvalue weighted by atomic mass is 9.94. The first-order valence-electron chi connectivity index (χ1n) is 7.11. The smallest absolute Gasteiger partial charge is 0.312 e. The van der Waals surface area contributed by atoms with E-state index in [1.165, 1.54) is 0 Å². The summed E-state index contributed by atoms with van der Waals surface area (Å²) in [4.78, 5) is 23.1. The van der Waals surface area contributed by atoms with Gasteiger partial charge in [0.05, 0.1) is 0 Å². The Balaban J connectivity index is 2.51. The fourth-order valence-electron chi connectivity index (χ4n) is 2.32. The van der Waals surface area contributed by atoms with Crippen LogP contribution in [0.3, 0.4) is 0 Å². The van der Waals surface area contributed by atoms with E-state index in [0.717, 1.165) is 32.4 Å². The Bertz CT molecular complexity index is 309. The van der Waals surface area contributed by atoms with Gasteiger partial charge in [-0.25, -0.2) is 4.79 Å². The van der Waals surface area contributed by atoms with E-state index in [9.17, 15) is 9.59 Å². The first kappa shape index (κ1) is 15.8. The molecule has 3 atom stereocenters. The molecule has 0 aromatic carbocycles. The van der Waals surface area contributed by atoms with Gasteiger partial charge in [0.1, 0.15) is 6.04 Å². The van der Waals surface area contributed by atoms with E-state index in [-0.39, 0.29) is 11.9 Å². The third-order valence-corrected chi connectivity index (χ3v) is 3.63. The van der Waals surface area contributed by atoms with Crippen molar-refractivity contribution in [1.29, 1.82) is 0 Å². The number of nitrogens with two attached hydrogens (primary N) is 1. The maximum atomic E-state index is 12.2. The molecule has 1 rings (SSSR count). The molecule has 19 heavy (non-hydrogen) atoms. The van der Waals surface area contributed by atoms with Crippen LogP contribution in [0.25, 0.3) is 0 Å². The van der Waals surface area contributed by atoms with Crippen molar-refractivity contribution in [2.45, 2.75) is 51.6 Å². The van der Waals surface area contributed by atoms with Crippen molar-refractivity contribution < 1.29 is 9.59 Å². The first-order valence-corrected chi connectivity index (χ1v) is 7.11. The number of carbonyl (C=O) groups is 2. The fraction of sp³-hybridized carbons (Fsp3) is 0.846. The van der Waals surface area contributed by atoms with Crippen molar-refractivity contribution >= 4 is 11.9 Å². The highest BCUT2D eigenvalue weighted by atomic mass is 16.2. The van der Waals surface area contributed by atoms with Crippen molar-refractivity contribution in [2.24, 2.45) is 11.7 Å². The van der Waals surface area contributed by atoms with Crippen LogP contribution < -0.4 is 21.7 Å². The van der Waals surface area contributed by atoms with Crippen LogP contribution in [-0.2, 0) is 4.79 Å².